The molecule has 4 aromatic rings. The maximum atomic E-state index is 5.70. The second-order valence-corrected chi connectivity index (χ2v) is 27.4. The van der Waals surface area contributed by atoms with E-state index in [-0.39, 0.29) is 35.6 Å². The van der Waals surface area contributed by atoms with Gasteiger partial charge in [-0.1, -0.05) is 0 Å². The Kier molecular flexibility index (Phi) is 9.03. The Morgan fingerprint density at radius 1 is 0.698 bits per heavy atom. The second-order valence-electron chi connectivity index (χ2n) is 14.6. The number of benzene rings is 4. The van der Waals surface area contributed by atoms with Gasteiger partial charge in [-0.25, -0.2) is 0 Å². The Morgan fingerprint density at radius 2 is 1.33 bits per heavy atom. The van der Waals surface area contributed by atoms with Crippen molar-refractivity contribution in [2.24, 2.45) is 0 Å². The van der Waals surface area contributed by atoms with Gasteiger partial charge in [0.15, 0.2) is 0 Å². The van der Waals surface area contributed by atoms with Crippen LogP contribution in [-0.4, -0.2) is 4.21 Å². The van der Waals surface area contributed by atoms with E-state index in [0.29, 0.717) is 0 Å². The molecule has 0 heterocycles. The van der Waals surface area contributed by atoms with Gasteiger partial charge in [0.25, 0.3) is 0 Å². The molecule has 2 aliphatic rings. The molecule has 0 nitrogen and oxygen atoms in total. The van der Waals surface area contributed by atoms with Gasteiger partial charge in [0, 0.05) is 0 Å². The predicted octanol–water partition coefficient (Wildman–Crippen LogP) is 9.25. The van der Waals surface area contributed by atoms with Gasteiger partial charge in [-0.2, -0.15) is 0 Å². The normalized spacial score (nSPS) is 14.4. The first-order chi connectivity index (χ1) is 19.3. The molecule has 3 heteroatoms. The molecule has 0 unspecified atom stereocenters. The van der Waals surface area contributed by atoms with Crippen LogP contribution in [0.25, 0.3) is 11.1 Å². The van der Waals surface area contributed by atoms with Gasteiger partial charge in [-0.15, -0.1) is 24.8 Å². The zero-order chi connectivity index (χ0) is 29.2. The van der Waals surface area contributed by atoms with Crippen LogP contribution in [0.1, 0.15) is 75.8 Å². The summed E-state index contributed by atoms with van der Waals surface area (Å²) in [7, 11) is 0. The minimum atomic E-state index is -4.75. The van der Waals surface area contributed by atoms with Gasteiger partial charge in [-0.3, -0.25) is 0 Å². The molecule has 0 radical (unpaired) electrons. The molecule has 6 rings (SSSR count). The van der Waals surface area contributed by atoms with Crippen LogP contribution >= 0.6 is 24.8 Å². The molecule has 0 aromatic heterocycles. The molecule has 224 valence electrons. The first-order valence-electron chi connectivity index (χ1n) is 15.2. The molecule has 0 N–H and O–H groups in total. The van der Waals surface area contributed by atoms with E-state index in [4.69, 9.17) is 4.21 Å². The fourth-order valence-electron chi connectivity index (χ4n) is 7.57. The fourth-order valence-corrected chi connectivity index (χ4v) is 24.2. The van der Waals surface area contributed by atoms with Crippen LogP contribution < -0.4 is 9.81 Å². The average molecular weight is 689 g/mol. The molecule has 0 atom stereocenters. The molecule has 43 heavy (non-hydrogen) atoms. The molecule has 0 saturated heterocycles. The molecule has 0 aliphatic heterocycles. The van der Waals surface area contributed by atoms with Crippen molar-refractivity contribution in [2.45, 2.75) is 72.1 Å². The van der Waals surface area contributed by atoms with Gasteiger partial charge in [0.1, 0.15) is 0 Å². The van der Waals surface area contributed by atoms with Crippen LogP contribution in [0.3, 0.4) is 0 Å². The van der Waals surface area contributed by atoms with Crippen LogP contribution in [0.4, 0.5) is 0 Å². The van der Waals surface area contributed by atoms with Crippen molar-refractivity contribution in [3.8, 4) is 11.1 Å². The van der Waals surface area contributed by atoms with E-state index in [9.17, 15) is 0 Å². The van der Waals surface area contributed by atoms with Gasteiger partial charge >= 0.3 is 250 Å². The van der Waals surface area contributed by atoms with E-state index in [1.807, 2.05) is 0 Å². The van der Waals surface area contributed by atoms with E-state index >= 15 is 0 Å². The van der Waals surface area contributed by atoms with Crippen molar-refractivity contribution >= 4 is 38.8 Å². The number of hydrogen-bond donors (Lipinski definition) is 0. The summed E-state index contributed by atoms with van der Waals surface area (Å²) in [5.41, 5.74) is 10.0. The van der Waals surface area contributed by atoms with Crippen molar-refractivity contribution in [3.63, 3.8) is 0 Å². The molecular formula is C40H46Cl2Zr. The zero-order valence-electron chi connectivity index (χ0n) is 26.8. The predicted molar refractivity (Wildman–Crippen MR) is 192 cm³/mol. The second kappa shape index (κ2) is 11.6. The Hall–Kier alpha value is -2.31. The van der Waals surface area contributed by atoms with Crippen molar-refractivity contribution < 1.29 is 18.3 Å². The van der Waals surface area contributed by atoms with E-state index in [1.165, 1.54) is 48.8 Å². The number of aryl methyl sites for hydroxylation is 1. The monoisotopic (exact) mass is 686 g/mol. The molecule has 0 amide bonds. The molecular weight excluding hydrogens is 643 g/mol. The summed E-state index contributed by atoms with van der Waals surface area (Å²) >= 11 is -4.75. The van der Waals surface area contributed by atoms with Crippen LogP contribution in [0.5, 0.6) is 0 Å². The Labute approximate surface area is 272 Å². The molecule has 0 spiro atoms. The SMILES string of the molecule is Cl.Cl.[CH2]=[Zr]([C]1=CC=CC1)([c]1ccccc1)([c]1ccc(C)cc1)[c]1c(C(C)(C)C)ccc2c1Cc1cc(C(C)(C)C)ccc1-2. The first kappa shape index (κ1) is 33.6. The average Bonchev–Trinajstić information content (AvgIpc) is 3.61. The van der Waals surface area contributed by atoms with E-state index in [2.05, 4.69) is 152 Å². The topological polar surface area (TPSA) is 0 Å². The first-order valence-corrected chi connectivity index (χ1v) is 21.8. The summed E-state index contributed by atoms with van der Waals surface area (Å²) in [6.45, 7) is 16.3. The summed E-state index contributed by atoms with van der Waals surface area (Å²) < 4.78 is 11.7. The van der Waals surface area contributed by atoms with Gasteiger partial charge in [0.2, 0.25) is 0 Å². The van der Waals surface area contributed by atoms with Crippen molar-refractivity contribution in [1.82, 2.24) is 0 Å². The molecule has 0 fully saturated rings. The standard InChI is InChI=1S/C21H25.C7H7.C6H5.C5H5.CH2.2ClH.Zr/c1-20(2,3)16-7-9-18-14(12-16)11-15-13-17(21(4,5)6)8-10-19(15)18;1-7-5-3-2-4-6-7;1-2-4-6-5-3-1;1-2-4-5-3-1;;;;/h7-10,12H,11H2,1-6H3;3-6H,1H3;1-5H;1-3H,4H2;1H2;2*1H;. The number of halogens is 2. The Balaban J connectivity index is 0.00000212. The molecule has 0 bridgehead atoms. The number of hydrogen-bond acceptors (Lipinski definition) is 0. The van der Waals surface area contributed by atoms with Crippen molar-refractivity contribution in [1.29, 1.82) is 0 Å². The van der Waals surface area contributed by atoms with Crippen LogP contribution in [-0.2, 0) is 35.5 Å². The summed E-state index contributed by atoms with van der Waals surface area (Å²) in [5, 5.41) is 0. The van der Waals surface area contributed by atoms with Crippen molar-refractivity contribution in [3.05, 3.63) is 134 Å². The molecule has 4 aromatic carbocycles. The summed E-state index contributed by atoms with van der Waals surface area (Å²) in [6, 6.07) is 33.0. The van der Waals surface area contributed by atoms with Crippen LogP contribution in [0, 0.1) is 6.92 Å². The van der Waals surface area contributed by atoms with E-state index in [0.717, 1.165) is 12.8 Å². The summed E-state index contributed by atoms with van der Waals surface area (Å²) in [4.78, 5) is 0. The summed E-state index contributed by atoms with van der Waals surface area (Å²) in [6.07, 6.45) is 8.97. The number of rotatable bonds is 4. The minimum absolute atomic E-state index is 0. The zero-order valence-corrected chi connectivity index (χ0v) is 30.8. The van der Waals surface area contributed by atoms with Gasteiger partial charge in [0.05, 0.1) is 0 Å². The number of fused-ring (bicyclic) bond motifs is 3. The summed E-state index contributed by atoms with van der Waals surface area (Å²) in [5.74, 6) is 0. The van der Waals surface area contributed by atoms with Gasteiger partial charge < -0.3 is 0 Å². The number of allylic oxidation sites excluding steroid dienone is 4. The van der Waals surface area contributed by atoms with Gasteiger partial charge in [-0.05, 0) is 0 Å². The van der Waals surface area contributed by atoms with E-state index < -0.39 is 18.3 Å². The Morgan fingerprint density at radius 3 is 1.91 bits per heavy atom. The van der Waals surface area contributed by atoms with Crippen LogP contribution in [0.15, 0.2) is 106 Å². The fraction of sp³-hybridized carbons (Fsp3) is 0.275. The third-order valence-corrected chi connectivity index (χ3v) is 26.3. The Bertz CT molecular complexity index is 1790. The van der Waals surface area contributed by atoms with E-state index in [1.54, 1.807) is 3.27 Å². The quantitative estimate of drug-likeness (QED) is 0.177. The maximum absolute atomic E-state index is 5.70. The molecule has 2 aliphatic carbocycles. The third kappa shape index (κ3) is 5.15. The van der Waals surface area contributed by atoms with Crippen LogP contribution in [0.2, 0.25) is 0 Å². The van der Waals surface area contributed by atoms with Crippen molar-refractivity contribution in [2.75, 3.05) is 0 Å². The molecule has 0 saturated carbocycles. The third-order valence-electron chi connectivity index (χ3n) is 9.88.